The maximum absolute atomic E-state index is 12.1. The fourth-order valence-corrected chi connectivity index (χ4v) is 2.74. The summed E-state index contributed by atoms with van der Waals surface area (Å²) in [6, 6.07) is -0.0182. The smallest absolute Gasteiger partial charge is 0.318 e. The molecule has 0 aromatic carbocycles. The molecule has 1 saturated heterocycles. The minimum atomic E-state index is -0.128. The Kier molecular flexibility index (Phi) is 7.62. The van der Waals surface area contributed by atoms with Gasteiger partial charge in [-0.1, -0.05) is 13.0 Å². The average molecular weight is 283 g/mol. The molecule has 2 atom stereocenters. The number of carbonyl (C=O) groups excluding carboxylic acids is 1. The predicted molar refractivity (Wildman–Crippen MR) is 81.7 cm³/mol. The number of hydrogen-bond acceptors (Lipinski definition) is 3. The molecule has 116 valence electrons. The van der Waals surface area contributed by atoms with Crippen LogP contribution < -0.4 is 5.32 Å². The highest BCUT2D eigenvalue weighted by atomic mass is 16.3. The maximum atomic E-state index is 12.1. The molecule has 0 aromatic heterocycles. The summed E-state index contributed by atoms with van der Waals surface area (Å²) < 4.78 is 0. The van der Waals surface area contributed by atoms with Crippen molar-refractivity contribution in [2.45, 2.75) is 32.7 Å². The van der Waals surface area contributed by atoms with E-state index in [9.17, 15) is 4.79 Å². The van der Waals surface area contributed by atoms with Crippen LogP contribution in [0.4, 0.5) is 4.79 Å². The summed E-state index contributed by atoms with van der Waals surface area (Å²) >= 11 is 0. The highest BCUT2D eigenvalue weighted by molar-refractivity contribution is 5.74. The zero-order valence-corrected chi connectivity index (χ0v) is 12.8. The number of aliphatic hydroxyl groups excluding tert-OH is 1. The summed E-state index contributed by atoms with van der Waals surface area (Å²) in [4.78, 5) is 16.1. The number of urea groups is 1. The molecular weight excluding hydrogens is 254 g/mol. The van der Waals surface area contributed by atoms with E-state index in [0.29, 0.717) is 13.1 Å². The van der Waals surface area contributed by atoms with Gasteiger partial charge in [0.05, 0.1) is 6.61 Å². The van der Waals surface area contributed by atoms with Gasteiger partial charge >= 0.3 is 6.03 Å². The molecule has 2 N–H and O–H groups in total. The van der Waals surface area contributed by atoms with Crippen molar-refractivity contribution >= 4 is 6.03 Å². The summed E-state index contributed by atoms with van der Waals surface area (Å²) in [7, 11) is 0. The monoisotopic (exact) mass is 283 g/mol. The lowest BCUT2D eigenvalue weighted by atomic mass is 10.00. The quantitative estimate of drug-likeness (QED) is 0.692. The third kappa shape index (κ3) is 5.92. The molecule has 20 heavy (non-hydrogen) atoms. The van der Waals surface area contributed by atoms with Crippen molar-refractivity contribution in [1.82, 2.24) is 15.1 Å². The second-order valence-electron chi connectivity index (χ2n) is 5.82. The largest absolute Gasteiger partial charge is 0.395 e. The number of hydrogen-bond donors (Lipinski definition) is 2. The molecule has 1 aliphatic heterocycles. The van der Waals surface area contributed by atoms with Gasteiger partial charge < -0.3 is 20.2 Å². The van der Waals surface area contributed by atoms with Crippen LogP contribution in [0.3, 0.4) is 0 Å². The van der Waals surface area contributed by atoms with Gasteiger partial charge in [0.1, 0.15) is 0 Å². The third-order valence-electron chi connectivity index (χ3n) is 3.65. The van der Waals surface area contributed by atoms with Crippen LogP contribution in [0.15, 0.2) is 12.7 Å². The summed E-state index contributed by atoms with van der Waals surface area (Å²) in [5.41, 5.74) is 0. The standard InChI is InChI=1S/C15H29N3O2/c1-4-7-18(9-10-19)15(20)16-14(3)12-17-8-5-6-13(2)11-17/h4,13-14,19H,1,5-12H2,2-3H3,(H,16,20). The summed E-state index contributed by atoms with van der Waals surface area (Å²) in [6.07, 6.45) is 4.22. The molecule has 0 spiro atoms. The Bertz CT molecular complexity index is 309. The van der Waals surface area contributed by atoms with Gasteiger partial charge in [0.2, 0.25) is 0 Å². The van der Waals surface area contributed by atoms with Gasteiger partial charge in [-0.15, -0.1) is 6.58 Å². The van der Waals surface area contributed by atoms with Gasteiger partial charge in [-0.2, -0.15) is 0 Å². The first-order chi connectivity index (χ1) is 9.56. The number of nitrogens with zero attached hydrogens (tertiary/aromatic N) is 2. The molecule has 5 heteroatoms. The molecule has 5 nitrogen and oxygen atoms in total. The van der Waals surface area contributed by atoms with E-state index < -0.39 is 0 Å². The van der Waals surface area contributed by atoms with Crippen molar-refractivity contribution in [2.75, 3.05) is 39.3 Å². The fourth-order valence-electron chi connectivity index (χ4n) is 2.74. The Morgan fingerprint density at radius 1 is 1.65 bits per heavy atom. The van der Waals surface area contributed by atoms with Gasteiger partial charge in [-0.25, -0.2) is 4.79 Å². The van der Waals surface area contributed by atoms with Crippen LogP contribution in [-0.2, 0) is 0 Å². The highest BCUT2D eigenvalue weighted by Gasteiger charge is 2.20. The minimum absolute atomic E-state index is 0.0285. The van der Waals surface area contributed by atoms with Gasteiger partial charge in [0.25, 0.3) is 0 Å². The molecule has 0 saturated carbocycles. The van der Waals surface area contributed by atoms with Crippen molar-refractivity contribution in [1.29, 1.82) is 0 Å². The van der Waals surface area contributed by atoms with Crippen LogP contribution in [0.25, 0.3) is 0 Å². The lowest BCUT2D eigenvalue weighted by molar-refractivity contribution is 0.158. The molecular formula is C15H29N3O2. The Labute approximate surface area is 122 Å². The van der Waals surface area contributed by atoms with E-state index >= 15 is 0 Å². The molecule has 2 amide bonds. The van der Waals surface area contributed by atoms with E-state index in [1.54, 1.807) is 11.0 Å². The Morgan fingerprint density at radius 3 is 3.00 bits per heavy atom. The molecule has 0 aliphatic carbocycles. The second-order valence-corrected chi connectivity index (χ2v) is 5.82. The van der Waals surface area contributed by atoms with E-state index in [1.165, 1.54) is 12.8 Å². The molecule has 1 aliphatic rings. The number of likely N-dealkylation sites (tertiary alicyclic amines) is 1. The van der Waals surface area contributed by atoms with E-state index in [1.807, 2.05) is 6.92 Å². The summed E-state index contributed by atoms with van der Waals surface area (Å²) in [6.45, 7) is 11.8. The SMILES string of the molecule is C=CCN(CCO)C(=O)NC(C)CN1CCCC(C)C1. The fraction of sp³-hybridized carbons (Fsp3) is 0.800. The molecule has 2 unspecified atom stereocenters. The summed E-state index contributed by atoms with van der Waals surface area (Å²) in [5, 5.41) is 12.0. The predicted octanol–water partition coefficient (Wildman–Crippen LogP) is 1.30. The first kappa shape index (κ1) is 17.0. The number of piperidine rings is 1. The maximum Gasteiger partial charge on any atom is 0.318 e. The zero-order valence-electron chi connectivity index (χ0n) is 12.8. The number of nitrogens with one attached hydrogen (secondary N) is 1. The Balaban J connectivity index is 2.37. The lowest BCUT2D eigenvalue weighted by Crippen LogP contribution is -2.49. The van der Waals surface area contributed by atoms with Crippen LogP contribution in [0.5, 0.6) is 0 Å². The molecule has 1 heterocycles. The minimum Gasteiger partial charge on any atom is -0.395 e. The van der Waals surface area contributed by atoms with Crippen LogP contribution in [0.1, 0.15) is 26.7 Å². The van der Waals surface area contributed by atoms with Gasteiger partial charge in [0.15, 0.2) is 0 Å². The van der Waals surface area contributed by atoms with Crippen molar-refractivity contribution in [3.63, 3.8) is 0 Å². The second kappa shape index (κ2) is 8.97. The zero-order chi connectivity index (χ0) is 15.0. The Hall–Kier alpha value is -1.07. The number of amides is 2. The molecule has 1 rings (SSSR count). The Morgan fingerprint density at radius 2 is 2.40 bits per heavy atom. The molecule has 0 bridgehead atoms. The van der Waals surface area contributed by atoms with E-state index in [4.69, 9.17) is 5.11 Å². The van der Waals surface area contributed by atoms with Crippen molar-refractivity contribution in [2.24, 2.45) is 5.92 Å². The number of carbonyl (C=O) groups is 1. The number of aliphatic hydroxyl groups is 1. The van der Waals surface area contributed by atoms with Crippen molar-refractivity contribution in [3.8, 4) is 0 Å². The molecule has 0 radical (unpaired) electrons. The first-order valence-electron chi connectivity index (χ1n) is 7.56. The highest BCUT2D eigenvalue weighted by Crippen LogP contribution is 2.15. The normalized spacial score (nSPS) is 21.2. The van der Waals surface area contributed by atoms with Crippen LogP contribution in [-0.4, -0.2) is 66.3 Å². The third-order valence-corrected chi connectivity index (χ3v) is 3.65. The van der Waals surface area contributed by atoms with Gasteiger partial charge in [-0.05, 0) is 32.2 Å². The van der Waals surface area contributed by atoms with E-state index in [0.717, 1.165) is 25.6 Å². The van der Waals surface area contributed by atoms with E-state index in [-0.39, 0.29) is 18.7 Å². The van der Waals surface area contributed by atoms with Crippen LogP contribution in [0.2, 0.25) is 0 Å². The molecule has 1 fully saturated rings. The van der Waals surface area contributed by atoms with Gasteiger partial charge in [-0.3, -0.25) is 0 Å². The van der Waals surface area contributed by atoms with Crippen molar-refractivity contribution in [3.05, 3.63) is 12.7 Å². The topological polar surface area (TPSA) is 55.8 Å². The lowest BCUT2D eigenvalue weighted by Gasteiger charge is -2.33. The van der Waals surface area contributed by atoms with E-state index in [2.05, 4.69) is 23.7 Å². The van der Waals surface area contributed by atoms with Crippen LogP contribution in [0, 0.1) is 5.92 Å². The molecule has 0 aromatic rings. The first-order valence-corrected chi connectivity index (χ1v) is 7.56. The van der Waals surface area contributed by atoms with Crippen molar-refractivity contribution < 1.29 is 9.90 Å². The average Bonchev–Trinajstić information content (AvgIpc) is 2.38. The van der Waals surface area contributed by atoms with Crippen LogP contribution >= 0.6 is 0 Å². The van der Waals surface area contributed by atoms with Gasteiger partial charge in [0, 0.05) is 32.2 Å². The number of rotatable bonds is 7. The summed E-state index contributed by atoms with van der Waals surface area (Å²) in [5.74, 6) is 0.748.